The molecule has 0 spiro atoms. The van der Waals surface area contributed by atoms with Crippen molar-refractivity contribution in [2.75, 3.05) is 13.2 Å². The van der Waals surface area contributed by atoms with E-state index in [1.165, 1.54) is 0 Å². The monoisotopic (exact) mass is 257 g/mol. The van der Waals surface area contributed by atoms with Crippen molar-refractivity contribution < 1.29 is 19.4 Å². The number of carbonyl (C=O) groups is 2. The van der Waals surface area contributed by atoms with E-state index in [9.17, 15) is 9.59 Å². The van der Waals surface area contributed by atoms with Gasteiger partial charge >= 0.3 is 5.97 Å². The van der Waals surface area contributed by atoms with Crippen molar-refractivity contribution >= 4 is 11.9 Å². The molecule has 1 rings (SSSR count). The van der Waals surface area contributed by atoms with Gasteiger partial charge in [-0.25, -0.2) is 0 Å². The molecule has 2 N–H and O–H groups in total. The van der Waals surface area contributed by atoms with Crippen LogP contribution in [0.4, 0.5) is 0 Å². The average Bonchev–Trinajstić information content (AvgIpc) is 2.36. The molecule has 5 nitrogen and oxygen atoms in total. The molecule has 0 radical (unpaired) electrons. The highest BCUT2D eigenvalue weighted by molar-refractivity contribution is 5.84. The number of carbonyl (C=O) groups excluding carboxylic acids is 1. The summed E-state index contributed by atoms with van der Waals surface area (Å²) in [6.45, 7) is 4.84. The highest BCUT2D eigenvalue weighted by Gasteiger charge is 2.35. The molecule has 1 aliphatic carbocycles. The Bertz CT molecular complexity index is 293. The Morgan fingerprint density at radius 1 is 1.33 bits per heavy atom. The van der Waals surface area contributed by atoms with Gasteiger partial charge in [0.25, 0.3) is 0 Å². The van der Waals surface area contributed by atoms with E-state index < -0.39 is 11.9 Å². The van der Waals surface area contributed by atoms with Crippen LogP contribution in [0.5, 0.6) is 0 Å². The molecule has 0 aromatic carbocycles. The zero-order valence-corrected chi connectivity index (χ0v) is 11.1. The molecule has 1 saturated carbocycles. The molecule has 104 valence electrons. The highest BCUT2D eigenvalue weighted by Crippen LogP contribution is 2.30. The second-order valence-corrected chi connectivity index (χ2v) is 4.85. The number of amides is 1. The van der Waals surface area contributed by atoms with Crippen molar-refractivity contribution in [1.29, 1.82) is 0 Å². The number of carboxylic acid groups (broad SMARTS) is 1. The maximum absolute atomic E-state index is 12.0. The van der Waals surface area contributed by atoms with E-state index in [1.807, 2.05) is 13.8 Å². The molecular weight excluding hydrogens is 234 g/mol. The van der Waals surface area contributed by atoms with Gasteiger partial charge in [-0.1, -0.05) is 12.8 Å². The minimum atomic E-state index is -0.854. The van der Waals surface area contributed by atoms with Gasteiger partial charge in [-0.3, -0.25) is 9.59 Å². The van der Waals surface area contributed by atoms with Crippen molar-refractivity contribution in [2.24, 2.45) is 11.8 Å². The summed E-state index contributed by atoms with van der Waals surface area (Å²) in [5.74, 6) is -1.91. The fraction of sp³-hybridized carbons (Fsp3) is 0.846. The first-order chi connectivity index (χ1) is 8.56. The lowest BCUT2D eigenvalue weighted by Crippen LogP contribution is -2.42. The van der Waals surface area contributed by atoms with Gasteiger partial charge in [0.1, 0.15) is 0 Å². The summed E-state index contributed by atoms with van der Waals surface area (Å²) in [5, 5.41) is 11.9. The maximum Gasteiger partial charge on any atom is 0.307 e. The van der Waals surface area contributed by atoms with Gasteiger partial charge in [-0.2, -0.15) is 0 Å². The Hall–Kier alpha value is -1.10. The van der Waals surface area contributed by atoms with Gasteiger partial charge in [0.2, 0.25) is 5.91 Å². The van der Waals surface area contributed by atoms with E-state index in [0.29, 0.717) is 26.0 Å². The van der Waals surface area contributed by atoms with Gasteiger partial charge < -0.3 is 15.2 Å². The number of carboxylic acids is 1. The number of ether oxygens (including phenoxy) is 1. The zero-order valence-electron chi connectivity index (χ0n) is 11.1. The predicted octanol–water partition coefficient (Wildman–Crippen LogP) is 1.42. The van der Waals surface area contributed by atoms with Crippen LogP contribution in [0.1, 0.15) is 39.5 Å². The number of hydrogen-bond acceptors (Lipinski definition) is 3. The molecular formula is C13H23NO4. The van der Waals surface area contributed by atoms with E-state index in [1.54, 1.807) is 0 Å². The quantitative estimate of drug-likeness (QED) is 0.754. The lowest BCUT2D eigenvalue weighted by molar-refractivity contribution is -0.149. The number of hydrogen-bond donors (Lipinski definition) is 2. The van der Waals surface area contributed by atoms with Crippen LogP contribution in [0, 0.1) is 11.8 Å². The first kappa shape index (κ1) is 15.0. The Morgan fingerprint density at radius 2 is 1.94 bits per heavy atom. The number of aliphatic carboxylic acids is 1. The topological polar surface area (TPSA) is 75.6 Å². The molecule has 0 aliphatic heterocycles. The fourth-order valence-corrected chi connectivity index (χ4v) is 2.46. The van der Waals surface area contributed by atoms with Crippen LogP contribution in [-0.4, -0.2) is 36.2 Å². The van der Waals surface area contributed by atoms with Crippen LogP contribution in [0.3, 0.4) is 0 Å². The van der Waals surface area contributed by atoms with Crippen LogP contribution in [0.15, 0.2) is 0 Å². The first-order valence-electron chi connectivity index (χ1n) is 6.68. The lowest BCUT2D eigenvalue weighted by Gasteiger charge is -2.27. The lowest BCUT2D eigenvalue weighted by atomic mass is 9.78. The molecule has 1 unspecified atom stereocenters. The van der Waals surface area contributed by atoms with Crippen molar-refractivity contribution in [3.05, 3.63) is 0 Å². The van der Waals surface area contributed by atoms with Gasteiger partial charge in [-0.05, 0) is 26.7 Å². The molecule has 0 aromatic rings. The molecule has 5 heteroatoms. The normalized spacial score (nSPS) is 25.4. The summed E-state index contributed by atoms with van der Waals surface area (Å²) in [5.41, 5.74) is 0. The molecule has 3 atom stereocenters. The van der Waals surface area contributed by atoms with Gasteiger partial charge in [0, 0.05) is 13.2 Å². The molecule has 0 heterocycles. The van der Waals surface area contributed by atoms with E-state index >= 15 is 0 Å². The van der Waals surface area contributed by atoms with Crippen LogP contribution in [0.25, 0.3) is 0 Å². The third-order valence-corrected chi connectivity index (χ3v) is 3.43. The third kappa shape index (κ3) is 4.29. The summed E-state index contributed by atoms with van der Waals surface area (Å²) in [7, 11) is 0. The second-order valence-electron chi connectivity index (χ2n) is 4.85. The Morgan fingerprint density at radius 3 is 2.50 bits per heavy atom. The summed E-state index contributed by atoms with van der Waals surface area (Å²) in [6.07, 6.45) is 3.07. The van der Waals surface area contributed by atoms with Crippen LogP contribution < -0.4 is 5.32 Å². The van der Waals surface area contributed by atoms with E-state index in [4.69, 9.17) is 9.84 Å². The molecule has 1 aliphatic rings. The predicted molar refractivity (Wildman–Crippen MR) is 67.2 cm³/mol. The van der Waals surface area contributed by atoms with Gasteiger partial charge in [-0.15, -0.1) is 0 Å². The molecule has 0 saturated heterocycles. The maximum atomic E-state index is 12.0. The molecule has 0 aromatic heterocycles. The largest absolute Gasteiger partial charge is 0.481 e. The Labute approximate surface area is 108 Å². The highest BCUT2D eigenvalue weighted by atomic mass is 16.5. The fourth-order valence-electron chi connectivity index (χ4n) is 2.46. The Balaban J connectivity index is 2.45. The van der Waals surface area contributed by atoms with Crippen LogP contribution in [0.2, 0.25) is 0 Å². The van der Waals surface area contributed by atoms with Crippen LogP contribution in [-0.2, 0) is 14.3 Å². The summed E-state index contributed by atoms with van der Waals surface area (Å²) in [4.78, 5) is 23.1. The summed E-state index contributed by atoms with van der Waals surface area (Å²) < 4.78 is 5.32. The standard InChI is InChI=1S/C13H23NO4/c1-3-18-9(2)8-14-12(15)10-6-4-5-7-11(10)13(16)17/h9-11H,3-8H2,1-2H3,(H,14,15)(H,16,17)/t9?,10-,11+/m1/s1. The molecule has 1 fully saturated rings. The summed E-state index contributed by atoms with van der Waals surface area (Å²) in [6, 6.07) is 0. The van der Waals surface area contributed by atoms with E-state index in [2.05, 4.69) is 5.32 Å². The van der Waals surface area contributed by atoms with Crippen molar-refractivity contribution in [2.45, 2.75) is 45.6 Å². The minimum absolute atomic E-state index is 0.0363. The summed E-state index contributed by atoms with van der Waals surface area (Å²) >= 11 is 0. The smallest absolute Gasteiger partial charge is 0.307 e. The van der Waals surface area contributed by atoms with E-state index in [-0.39, 0.29) is 17.9 Å². The van der Waals surface area contributed by atoms with Crippen molar-refractivity contribution in [1.82, 2.24) is 5.32 Å². The SMILES string of the molecule is CCOC(C)CNC(=O)[C@@H]1CCCC[C@@H]1C(=O)O. The second kappa shape index (κ2) is 7.36. The molecule has 0 bridgehead atoms. The van der Waals surface area contributed by atoms with Crippen LogP contribution >= 0.6 is 0 Å². The minimum Gasteiger partial charge on any atom is -0.481 e. The zero-order chi connectivity index (χ0) is 13.5. The Kier molecular flexibility index (Phi) is 6.12. The first-order valence-corrected chi connectivity index (χ1v) is 6.68. The molecule has 18 heavy (non-hydrogen) atoms. The number of rotatable bonds is 6. The average molecular weight is 257 g/mol. The van der Waals surface area contributed by atoms with Crippen molar-refractivity contribution in [3.63, 3.8) is 0 Å². The van der Waals surface area contributed by atoms with Gasteiger partial charge in [0.05, 0.1) is 17.9 Å². The van der Waals surface area contributed by atoms with E-state index in [0.717, 1.165) is 12.8 Å². The molecule has 1 amide bonds. The number of nitrogens with one attached hydrogen (secondary N) is 1. The van der Waals surface area contributed by atoms with Gasteiger partial charge in [0.15, 0.2) is 0 Å². The third-order valence-electron chi connectivity index (χ3n) is 3.43. The van der Waals surface area contributed by atoms with Crippen molar-refractivity contribution in [3.8, 4) is 0 Å².